The molecule has 3 amide bonds. The molecule has 1 aliphatic heterocycles. The molecule has 2 N–H and O–H groups in total. The maximum absolute atomic E-state index is 13.6. The van der Waals surface area contributed by atoms with E-state index in [9.17, 15) is 18.8 Å². The summed E-state index contributed by atoms with van der Waals surface area (Å²) >= 11 is 13.2. The molecule has 1 heterocycles. The summed E-state index contributed by atoms with van der Waals surface area (Å²) in [5.41, 5.74) is 2.71. The van der Waals surface area contributed by atoms with Gasteiger partial charge in [-0.15, -0.1) is 0 Å². The molecule has 0 bridgehead atoms. The molecular weight excluding hydrogens is 572 g/mol. The monoisotopic (exact) mass is 591 g/mol. The molecule has 0 radical (unpaired) electrons. The van der Waals surface area contributed by atoms with Gasteiger partial charge < -0.3 is 10.6 Å². The van der Waals surface area contributed by atoms with Gasteiger partial charge in [0, 0.05) is 21.3 Å². The van der Waals surface area contributed by atoms with Crippen LogP contribution in [0.1, 0.15) is 15.9 Å². The van der Waals surface area contributed by atoms with E-state index in [1.54, 1.807) is 42.5 Å². The molecule has 1 aliphatic rings. The van der Waals surface area contributed by atoms with Gasteiger partial charge in [-0.3, -0.25) is 14.4 Å². The van der Waals surface area contributed by atoms with Gasteiger partial charge in [0.05, 0.1) is 16.3 Å². The predicted molar refractivity (Wildman–Crippen MR) is 157 cm³/mol. The predicted octanol–water partition coefficient (Wildman–Crippen LogP) is 7.68. The van der Waals surface area contributed by atoms with Crippen molar-refractivity contribution in [3.63, 3.8) is 0 Å². The average Bonchev–Trinajstić information content (AvgIpc) is 3.14. The molecule has 4 aromatic rings. The number of nitrogens with zero attached hydrogens (tertiary/aromatic N) is 1. The minimum absolute atomic E-state index is 0.0885. The summed E-state index contributed by atoms with van der Waals surface area (Å²) in [5, 5.41) is 6.50. The first-order valence-electron chi connectivity index (χ1n) is 12.0. The molecule has 0 saturated heterocycles. The number of imide groups is 1. The highest BCUT2D eigenvalue weighted by Crippen LogP contribution is 2.38. The number of anilines is 3. The van der Waals surface area contributed by atoms with Crippen molar-refractivity contribution in [3.05, 3.63) is 129 Å². The Bertz CT molecular complexity index is 1670. The molecule has 200 valence electrons. The summed E-state index contributed by atoms with van der Waals surface area (Å²) in [7, 11) is 0. The van der Waals surface area contributed by atoms with Gasteiger partial charge in [-0.05, 0) is 79.7 Å². The van der Waals surface area contributed by atoms with Crippen LogP contribution >= 0.6 is 35.0 Å². The first-order valence-corrected chi connectivity index (χ1v) is 13.5. The summed E-state index contributed by atoms with van der Waals surface area (Å²) in [5.74, 6) is -2.04. The molecule has 0 spiro atoms. The molecule has 10 heteroatoms. The molecule has 5 rings (SSSR count). The lowest BCUT2D eigenvalue weighted by atomic mass is 10.2. The van der Waals surface area contributed by atoms with Gasteiger partial charge >= 0.3 is 0 Å². The highest BCUT2D eigenvalue weighted by Gasteiger charge is 2.40. The summed E-state index contributed by atoms with van der Waals surface area (Å²) in [6.07, 6.45) is 0. The largest absolute Gasteiger partial charge is 0.350 e. The van der Waals surface area contributed by atoms with Crippen LogP contribution < -0.4 is 15.5 Å². The third-order valence-corrected chi connectivity index (χ3v) is 7.55. The van der Waals surface area contributed by atoms with E-state index >= 15 is 0 Å². The van der Waals surface area contributed by atoms with Crippen molar-refractivity contribution in [1.29, 1.82) is 0 Å². The first-order chi connectivity index (χ1) is 19.2. The minimum atomic E-state index is -0.568. The van der Waals surface area contributed by atoms with Gasteiger partial charge in [0.15, 0.2) is 0 Å². The van der Waals surface area contributed by atoms with E-state index in [0.717, 1.165) is 22.2 Å². The molecular formula is C30H20Cl2FN3O3S. The number of benzene rings is 4. The second kappa shape index (κ2) is 11.6. The molecule has 0 aromatic heterocycles. The van der Waals surface area contributed by atoms with E-state index in [1.807, 2.05) is 19.1 Å². The fourth-order valence-corrected chi connectivity index (χ4v) is 5.43. The molecule has 4 aromatic carbocycles. The van der Waals surface area contributed by atoms with Crippen LogP contribution in [-0.2, 0) is 9.59 Å². The first kappa shape index (κ1) is 27.5. The van der Waals surface area contributed by atoms with Crippen LogP contribution in [-0.4, -0.2) is 17.7 Å². The lowest BCUT2D eigenvalue weighted by Gasteiger charge is -2.15. The highest BCUT2D eigenvalue weighted by molar-refractivity contribution is 8.04. The number of aryl methyl sites for hydroxylation is 1. The van der Waals surface area contributed by atoms with E-state index in [4.69, 9.17) is 23.2 Å². The fraction of sp³-hybridized carbons (Fsp3) is 0.0333. The van der Waals surface area contributed by atoms with Crippen LogP contribution in [0.25, 0.3) is 0 Å². The highest BCUT2D eigenvalue weighted by atomic mass is 35.5. The molecule has 0 unspecified atom stereocenters. The van der Waals surface area contributed by atoms with Crippen LogP contribution in [0.2, 0.25) is 10.0 Å². The van der Waals surface area contributed by atoms with Gasteiger partial charge in [-0.2, -0.15) is 0 Å². The van der Waals surface area contributed by atoms with Crippen molar-refractivity contribution in [2.75, 3.05) is 15.5 Å². The standard InChI is InChI=1S/C30H20Cl2FN3O3S/c1-17-5-10-20(11-6-17)34-26-27(30(39)36(29(26)38)22-12-8-19(33)9-13-22)40-23-4-2-3-21(16-23)35-28(37)24-14-7-18(31)15-25(24)32/h2-16,34H,1H3,(H,35,37). The number of carbonyl (C=O) groups excluding carboxylic acids is 3. The summed E-state index contributed by atoms with van der Waals surface area (Å²) in [6, 6.07) is 23.9. The Kier molecular flexibility index (Phi) is 7.93. The van der Waals surface area contributed by atoms with E-state index in [2.05, 4.69) is 10.6 Å². The Morgan fingerprint density at radius 2 is 1.57 bits per heavy atom. The van der Waals surface area contributed by atoms with Gasteiger partial charge in [0.25, 0.3) is 17.7 Å². The second-order valence-electron chi connectivity index (χ2n) is 8.83. The van der Waals surface area contributed by atoms with E-state index < -0.39 is 23.5 Å². The van der Waals surface area contributed by atoms with Crippen LogP contribution in [0, 0.1) is 12.7 Å². The number of rotatable bonds is 7. The van der Waals surface area contributed by atoms with Crippen molar-refractivity contribution in [3.8, 4) is 0 Å². The molecule has 0 fully saturated rings. The molecule has 0 saturated carbocycles. The van der Waals surface area contributed by atoms with Crippen molar-refractivity contribution >= 4 is 69.7 Å². The zero-order chi connectivity index (χ0) is 28.4. The number of nitrogens with one attached hydrogen (secondary N) is 2. The van der Waals surface area contributed by atoms with Crippen LogP contribution in [0.5, 0.6) is 0 Å². The summed E-state index contributed by atoms with van der Waals surface area (Å²) < 4.78 is 13.5. The lowest BCUT2D eigenvalue weighted by molar-refractivity contribution is -0.120. The summed E-state index contributed by atoms with van der Waals surface area (Å²) in [4.78, 5) is 41.6. The smallest absolute Gasteiger partial charge is 0.283 e. The maximum Gasteiger partial charge on any atom is 0.283 e. The zero-order valence-electron chi connectivity index (χ0n) is 20.9. The quantitative estimate of drug-likeness (QED) is 0.215. The van der Waals surface area contributed by atoms with E-state index in [-0.39, 0.29) is 26.9 Å². The van der Waals surface area contributed by atoms with Crippen molar-refractivity contribution in [2.24, 2.45) is 0 Å². The molecule has 40 heavy (non-hydrogen) atoms. The Hall–Kier alpha value is -4.11. The van der Waals surface area contributed by atoms with Gasteiger partial charge in [-0.1, -0.05) is 58.7 Å². The Morgan fingerprint density at radius 3 is 2.27 bits per heavy atom. The zero-order valence-corrected chi connectivity index (χ0v) is 23.2. The third kappa shape index (κ3) is 5.89. The number of hydrogen-bond acceptors (Lipinski definition) is 5. The number of thioether (sulfide) groups is 1. The van der Waals surface area contributed by atoms with Crippen molar-refractivity contribution < 1.29 is 18.8 Å². The summed E-state index contributed by atoms with van der Waals surface area (Å²) in [6.45, 7) is 1.94. The minimum Gasteiger partial charge on any atom is -0.350 e. The van der Waals surface area contributed by atoms with Crippen molar-refractivity contribution in [1.82, 2.24) is 0 Å². The topological polar surface area (TPSA) is 78.5 Å². The number of halogens is 3. The molecule has 6 nitrogen and oxygen atoms in total. The maximum atomic E-state index is 13.6. The van der Waals surface area contributed by atoms with E-state index in [0.29, 0.717) is 21.3 Å². The Labute approximate surface area is 243 Å². The average molecular weight is 592 g/mol. The van der Waals surface area contributed by atoms with Gasteiger partial charge in [0.2, 0.25) is 0 Å². The van der Waals surface area contributed by atoms with E-state index in [1.165, 1.54) is 36.4 Å². The third-order valence-electron chi connectivity index (χ3n) is 5.93. The van der Waals surface area contributed by atoms with Crippen LogP contribution in [0.15, 0.2) is 106 Å². The number of hydrogen-bond donors (Lipinski definition) is 2. The number of carbonyl (C=O) groups is 3. The molecule has 0 aliphatic carbocycles. The molecule has 0 atom stereocenters. The number of amides is 3. The fourth-order valence-electron chi connectivity index (χ4n) is 3.95. The van der Waals surface area contributed by atoms with Crippen LogP contribution in [0.3, 0.4) is 0 Å². The SMILES string of the molecule is Cc1ccc(NC2=C(Sc3cccc(NC(=O)c4ccc(Cl)cc4Cl)c3)C(=O)N(c3ccc(F)cc3)C2=O)cc1. The normalized spacial score (nSPS) is 13.2. The van der Waals surface area contributed by atoms with Crippen LogP contribution in [0.4, 0.5) is 21.5 Å². The van der Waals surface area contributed by atoms with Gasteiger partial charge in [-0.25, -0.2) is 9.29 Å². The Balaban J connectivity index is 1.45. The second-order valence-corrected chi connectivity index (χ2v) is 10.8. The van der Waals surface area contributed by atoms with Gasteiger partial charge in [0.1, 0.15) is 16.4 Å². The Morgan fingerprint density at radius 1 is 0.850 bits per heavy atom. The lowest BCUT2D eigenvalue weighted by Crippen LogP contribution is -2.32. The van der Waals surface area contributed by atoms with Crippen molar-refractivity contribution in [2.45, 2.75) is 11.8 Å².